The lowest BCUT2D eigenvalue weighted by Crippen LogP contribution is -2.35. The fraction of sp³-hybridized carbons (Fsp3) is 0.583. The van der Waals surface area contributed by atoms with Crippen LogP contribution in [-0.4, -0.2) is 45.5 Å². The molecule has 1 unspecified atom stereocenters. The van der Waals surface area contributed by atoms with Crippen LogP contribution in [-0.2, 0) is 0 Å². The van der Waals surface area contributed by atoms with E-state index in [0.29, 0.717) is 11.7 Å². The summed E-state index contributed by atoms with van der Waals surface area (Å²) in [6.07, 6.45) is 3.25. The number of likely N-dealkylation sites (N-methyl/N-ethyl adjacent to an activating group) is 1. The Bertz CT molecular complexity index is 375. The Labute approximate surface area is 114 Å². The van der Waals surface area contributed by atoms with Crippen LogP contribution in [0.3, 0.4) is 0 Å². The van der Waals surface area contributed by atoms with Crippen LogP contribution in [0.1, 0.15) is 26.5 Å². The number of thiocarbonyl (C=S) groups is 1. The van der Waals surface area contributed by atoms with Gasteiger partial charge in [0.05, 0.1) is 12.4 Å². The number of nitrogens with zero attached hydrogens (tertiary/aromatic N) is 3. The zero-order chi connectivity index (χ0) is 13.5. The molecule has 3 N–H and O–H groups in total. The van der Waals surface area contributed by atoms with E-state index in [4.69, 9.17) is 18.0 Å². The number of rotatable bonds is 7. The summed E-state index contributed by atoms with van der Waals surface area (Å²) in [6.45, 7) is 9.52. The molecule has 0 amide bonds. The summed E-state index contributed by atoms with van der Waals surface area (Å²) in [4.78, 5) is 11.0. The number of hydrogen-bond donors (Lipinski definition) is 2. The number of aromatic nitrogens is 2. The van der Waals surface area contributed by atoms with Gasteiger partial charge in [0.2, 0.25) is 0 Å². The van der Waals surface area contributed by atoms with Gasteiger partial charge in [0, 0.05) is 12.6 Å². The largest absolute Gasteiger partial charge is 0.388 e. The number of nitrogens with two attached hydrogens (primary N) is 1. The molecule has 0 radical (unpaired) electrons. The van der Waals surface area contributed by atoms with Gasteiger partial charge in [-0.1, -0.05) is 26.1 Å². The average molecular weight is 267 g/mol. The van der Waals surface area contributed by atoms with Crippen LogP contribution >= 0.6 is 12.2 Å². The highest BCUT2D eigenvalue weighted by molar-refractivity contribution is 7.80. The average Bonchev–Trinajstić information content (AvgIpc) is 2.36. The normalized spacial score (nSPS) is 12.4. The quantitative estimate of drug-likeness (QED) is 0.725. The standard InChI is InChI=1S/C12H21N5S/c1-4-17(5-2)8-9(3)16-11-7-14-10(6-15-11)12(13)18/h6-7,9H,4-5,8H2,1-3H3,(H2,13,18)(H,15,16). The molecule has 0 aliphatic carbocycles. The molecular weight excluding hydrogens is 246 g/mol. The fourth-order valence-corrected chi connectivity index (χ4v) is 1.80. The molecule has 0 fully saturated rings. The van der Waals surface area contributed by atoms with Crippen molar-refractivity contribution in [2.45, 2.75) is 26.8 Å². The molecule has 18 heavy (non-hydrogen) atoms. The molecule has 1 atom stereocenters. The van der Waals surface area contributed by atoms with Gasteiger partial charge in [0.15, 0.2) is 0 Å². The van der Waals surface area contributed by atoms with Crippen molar-refractivity contribution in [3.63, 3.8) is 0 Å². The second kappa shape index (κ2) is 7.23. The Morgan fingerprint density at radius 2 is 2.06 bits per heavy atom. The zero-order valence-electron chi connectivity index (χ0n) is 11.2. The van der Waals surface area contributed by atoms with Gasteiger partial charge < -0.3 is 16.0 Å². The van der Waals surface area contributed by atoms with E-state index in [9.17, 15) is 0 Å². The predicted molar refractivity (Wildman–Crippen MR) is 78.8 cm³/mol. The lowest BCUT2D eigenvalue weighted by Gasteiger charge is -2.23. The van der Waals surface area contributed by atoms with Gasteiger partial charge in [0.1, 0.15) is 16.5 Å². The lowest BCUT2D eigenvalue weighted by molar-refractivity contribution is 0.294. The first-order valence-electron chi connectivity index (χ1n) is 6.17. The van der Waals surface area contributed by atoms with Crippen LogP contribution in [0.15, 0.2) is 12.4 Å². The molecule has 100 valence electrons. The van der Waals surface area contributed by atoms with Crippen molar-refractivity contribution in [1.29, 1.82) is 0 Å². The minimum Gasteiger partial charge on any atom is -0.388 e. The van der Waals surface area contributed by atoms with E-state index in [1.165, 1.54) is 0 Å². The van der Waals surface area contributed by atoms with Gasteiger partial charge >= 0.3 is 0 Å². The highest BCUT2D eigenvalue weighted by Crippen LogP contribution is 2.04. The first kappa shape index (κ1) is 14.8. The predicted octanol–water partition coefficient (Wildman–Crippen LogP) is 1.25. The third-order valence-electron chi connectivity index (χ3n) is 2.73. The smallest absolute Gasteiger partial charge is 0.144 e. The Balaban J connectivity index is 2.53. The van der Waals surface area contributed by atoms with Gasteiger partial charge in [-0.3, -0.25) is 0 Å². The summed E-state index contributed by atoms with van der Waals surface area (Å²) in [5.41, 5.74) is 6.02. The summed E-state index contributed by atoms with van der Waals surface area (Å²) < 4.78 is 0. The Hall–Kier alpha value is -1.27. The van der Waals surface area contributed by atoms with E-state index in [2.05, 4.69) is 41.0 Å². The Kier molecular flexibility index (Phi) is 5.94. The zero-order valence-corrected chi connectivity index (χ0v) is 12.0. The second-order valence-electron chi connectivity index (χ2n) is 4.18. The van der Waals surface area contributed by atoms with Crippen LogP contribution < -0.4 is 11.1 Å². The Morgan fingerprint density at radius 3 is 2.50 bits per heavy atom. The van der Waals surface area contributed by atoms with E-state index in [0.717, 1.165) is 25.5 Å². The number of anilines is 1. The first-order valence-corrected chi connectivity index (χ1v) is 6.58. The first-order chi connectivity index (χ1) is 8.56. The summed E-state index contributed by atoms with van der Waals surface area (Å²) >= 11 is 4.83. The SMILES string of the molecule is CCN(CC)CC(C)Nc1cnc(C(N)=S)cn1. The van der Waals surface area contributed by atoms with Crippen LogP contribution in [0.4, 0.5) is 5.82 Å². The van der Waals surface area contributed by atoms with Crippen molar-refractivity contribution >= 4 is 23.0 Å². The Morgan fingerprint density at radius 1 is 1.39 bits per heavy atom. The summed E-state index contributed by atoms with van der Waals surface area (Å²) in [5, 5.41) is 3.31. The second-order valence-corrected chi connectivity index (χ2v) is 4.62. The van der Waals surface area contributed by atoms with E-state index < -0.39 is 0 Å². The molecule has 1 heterocycles. The van der Waals surface area contributed by atoms with Crippen LogP contribution in [0.25, 0.3) is 0 Å². The minimum atomic E-state index is 0.269. The van der Waals surface area contributed by atoms with Crippen molar-refractivity contribution in [3.05, 3.63) is 18.1 Å². The highest BCUT2D eigenvalue weighted by Gasteiger charge is 2.08. The van der Waals surface area contributed by atoms with Crippen molar-refractivity contribution in [2.75, 3.05) is 25.0 Å². The highest BCUT2D eigenvalue weighted by atomic mass is 32.1. The van der Waals surface area contributed by atoms with E-state index in [-0.39, 0.29) is 4.99 Å². The third-order valence-corrected chi connectivity index (χ3v) is 2.93. The maximum atomic E-state index is 5.47. The summed E-state index contributed by atoms with van der Waals surface area (Å²) in [7, 11) is 0. The molecule has 0 aromatic carbocycles. The minimum absolute atomic E-state index is 0.269. The van der Waals surface area contributed by atoms with Crippen molar-refractivity contribution in [1.82, 2.24) is 14.9 Å². The van der Waals surface area contributed by atoms with Gasteiger partial charge in [-0.15, -0.1) is 0 Å². The molecule has 1 aromatic rings. The van der Waals surface area contributed by atoms with Crippen LogP contribution in [0.5, 0.6) is 0 Å². The van der Waals surface area contributed by atoms with Gasteiger partial charge in [-0.05, 0) is 20.0 Å². The molecule has 1 aromatic heterocycles. The molecule has 0 saturated carbocycles. The number of hydrogen-bond acceptors (Lipinski definition) is 5. The molecule has 0 spiro atoms. The molecule has 5 nitrogen and oxygen atoms in total. The molecular formula is C12H21N5S. The molecule has 0 aliphatic rings. The molecule has 6 heteroatoms. The molecule has 0 saturated heterocycles. The van der Waals surface area contributed by atoms with Crippen molar-refractivity contribution in [2.24, 2.45) is 5.73 Å². The lowest BCUT2D eigenvalue weighted by atomic mass is 10.3. The fourth-order valence-electron chi connectivity index (χ4n) is 1.70. The van der Waals surface area contributed by atoms with Crippen LogP contribution in [0.2, 0.25) is 0 Å². The van der Waals surface area contributed by atoms with E-state index in [1.54, 1.807) is 12.4 Å². The molecule has 0 bridgehead atoms. The monoisotopic (exact) mass is 267 g/mol. The topological polar surface area (TPSA) is 67.1 Å². The summed E-state index contributed by atoms with van der Waals surface area (Å²) in [6, 6.07) is 0.315. The molecule has 0 aliphatic heterocycles. The van der Waals surface area contributed by atoms with Crippen LogP contribution in [0, 0.1) is 0 Å². The van der Waals surface area contributed by atoms with Gasteiger partial charge in [0.25, 0.3) is 0 Å². The van der Waals surface area contributed by atoms with Gasteiger partial charge in [-0.25, -0.2) is 9.97 Å². The van der Waals surface area contributed by atoms with Crippen molar-refractivity contribution < 1.29 is 0 Å². The van der Waals surface area contributed by atoms with Gasteiger partial charge in [-0.2, -0.15) is 0 Å². The number of nitrogens with one attached hydrogen (secondary N) is 1. The molecule has 1 rings (SSSR count). The van der Waals surface area contributed by atoms with E-state index in [1.807, 2.05) is 0 Å². The maximum Gasteiger partial charge on any atom is 0.144 e. The van der Waals surface area contributed by atoms with Crippen molar-refractivity contribution in [3.8, 4) is 0 Å². The summed E-state index contributed by atoms with van der Waals surface area (Å²) in [5.74, 6) is 0.745. The van der Waals surface area contributed by atoms with E-state index >= 15 is 0 Å². The maximum absolute atomic E-state index is 5.47. The third kappa shape index (κ3) is 4.54.